The first-order valence-corrected chi connectivity index (χ1v) is 15.5. The normalized spacial score (nSPS) is 33.2. The van der Waals surface area contributed by atoms with Gasteiger partial charge in [-0.05, 0) is 0 Å². The summed E-state index contributed by atoms with van der Waals surface area (Å²) in [5.41, 5.74) is 11.9. The van der Waals surface area contributed by atoms with Gasteiger partial charge in [-0.2, -0.15) is 4.98 Å². The molecule has 9 atom stereocenters. The van der Waals surface area contributed by atoms with Crippen LogP contribution < -0.4 is 17.0 Å². The van der Waals surface area contributed by atoms with E-state index < -0.39 is 69.1 Å². The van der Waals surface area contributed by atoms with Crippen molar-refractivity contribution in [2.75, 3.05) is 18.1 Å². The van der Waals surface area contributed by atoms with Crippen LogP contribution in [0.2, 0.25) is 0 Å². The van der Waals surface area contributed by atoms with Crippen LogP contribution in [0.25, 0.3) is 22.3 Å². The summed E-state index contributed by atoms with van der Waals surface area (Å²) in [5, 5.41) is 30.8. The van der Waals surface area contributed by atoms with Crippen LogP contribution in [-0.4, -0.2) is 112 Å². The topological polar surface area (TPSA) is 314 Å². The molecular weight excluding hydrogens is 649 g/mol. The van der Waals surface area contributed by atoms with E-state index in [4.69, 9.17) is 34.7 Å². The fraction of sp³-hybridized carbons (Fsp3) is 0.478. The molecule has 8 heterocycles. The largest absolute Gasteiger partial charge is 0.472 e. The summed E-state index contributed by atoms with van der Waals surface area (Å²) in [7, 11) is -4.97. The van der Waals surface area contributed by atoms with Gasteiger partial charge in [-0.3, -0.25) is 28.0 Å². The molecule has 24 heteroatoms. The van der Waals surface area contributed by atoms with E-state index >= 15 is 0 Å². The number of rotatable bonds is 2. The van der Waals surface area contributed by atoms with Crippen molar-refractivity contribution in [1.82, 2.24) is 54.0 Å². The summed E-state index contributed by atoms with van der Waals surface area (Å²) in [5.74, 6) is -0.0736. The number of fused-ring (bicyclic) bond motifs is 7. The number of anilines is 2. The number of imidazole rings is 2. The highest BCUT2D eigenvalue weighted by Gasteiger charge is 2.51. The molecule has 0 saturated carbocycles. The molecule has 2 fully saturated rings. The van der Waals surface area contributed by atoms with Crippen molar-refractivity contribution < 1.29 is 42.9 Å². The second kappa shape index (κ2) is 11.1. The van der Waals surface area contributed by atoms with Crippen LogP contribution in [0, 0.1) is 0 Å². The summed E-state index contributed by atoms with van der Waals surface area (Å²) in [6.07, 6.45) is -4.83. The molecule has 248 valence electrons. The number of nitrogens with one attached hydrogen (secondary N) is 1. The van der Waals surface area contributed by atoms with Crippen LogP contribution in [0.1, 0.15) is 18.1 Å². The quantitative estimate of drug-likeness (QED) is 0.104. The Hall–Kier alpha value is -4.45. The summed E-state index contributed by atoms with van der Waals surface area (Å²) in [4.78, 5) is 46.0. The van der Waals surface area contributed by atoms with Gasteiger partial charge in [0, 0.05) is 0 Å². The van der Waals surface area contributed by atoms with Crippen molar-refractivity contribution >= 4 is 41.9 Å². The average Bonchev–Trinajstić information content (AvgIpc) is 3.84. The second-order valence-corrected chi connectivity index (χ2v) is 12.4. The third-order valence-electron chi connectivity index (χ3n) is 8.04. The van der Waals surface area contributed by atoms with E-state index in [0.29, 0.717) is 5.69 Å². The molecule has 3 aliphatic rings. The van der Waals surface area contributed by atoms with Gasteiger partial charge in [0.25, 0.3) is 5.56 Å². The number of H-pyrrole nitrogens is 1. The highest BCUT2D eigenvalue weighted by atomic mass is 31.2. The van der Waals surface area contributed by atoms with E-state index in [0.717, 1.165) is 0 Å². The molecule has 5 aromatic heterocycles. The van der Waals surface area contributed by atoms with Gasteiger partial charge in [0.1, 0.15) is 54.2 Å². The maximum atomic E-state index is 13.3. The molecule has 47 heavy (non-hydrogen) atoms. The lowest BCUT2D eigenvalue weighted by molar-refractivity contribution is -0.0774. The molecular formula is C23H26N13O10P. The van der Waals surface area contributed by atoms with E-state index in [-0.39, 0.29) is 47.2 Å². The maximum absolute atomic E-state index is 13.3. The first-order chi connectivity index (χ1) is 22.6. The van der Waals surface area contributed by atoms with E-state index in [1.54, 1.807) is 0 Å². The number of nitrogens with zero attached hydrogens (tertiary/aromatic N) is 10. The van der Waals surface area contributed by atoms with Crippen LogP contribution in [0.15, 0.2) is 30.0 Å². The van der Waals surface area contributed by atoms with Crippen molar-refractivity contribution in [2.24, 2.45) is 0 Å². The van der Waals surface area contributed by atoms with Crippen LogP contribution in [-0.2, 0) is 41.0 Å². The number of hydrogen-bond acceptors (Lipinski definition) is 18. The minimum atomic E-state index is -4.97. The second-order valence-electron chi connectivity index (χ2n) is 11.0. The van der Waals surface area contributed by atoms with Crippen molar-refractivity contribution in [3.05, 3.63) is 41.2 Å². The lowest BCUT2D eigenvalue weighted by Crippen LogP contribution is -2.37. The predicted molar refractivity (Wildman–Crippen MR) is 151 cm³/mol. The zero-order chi connectivity index (χ0) is 32.6. The minimum Gasteiger partial charge on any atom is -0.387 e. The molecule has 23 nitrogen and oxygen atoms in total. The van der Waals surface area contributed by atoms with Gasteiger partial charge in [-0.1, -0.05) is 5.21 Å². The zero-order valence-electron chi connectivity index (χ0n) is 23.8. The van der Waals surface area contributed by atoms with E-state index in [1.165, 1.54) is 39.0 Å². The number of phosphoric ester groups is 1. The Kier molecular flexibility index (Phi) is 7.05. The Morgan fingerprint density at radius 1 is 0.957 bits per heavy atom. The first kappa shape index (κ1) is 29.9. The van der Waals surface area contributed by atoms with Gasteiger partial charge < -0.3 is 40.8 Å². The third kappa shape index (κ3) is 5.13. The van der Waals surface area contributed by atoms with Crippen LogP contribution in [0.3, 0.4) is 0 Å². The van der Waals surface area contributed by atoms with Crippen molar-refractivity contribution in [3.63, 3.8) is 0 Å². The standard InChI is InChI=1S/C23H26N13O10P/c24-17-11-18(27-5-26-17)35(6-28-11)21-14(38)15-9(44-21)2-34-1-8(32-33-34)3-42-16-13(37)10(4-43-47(40,41)46-15)45-22(16)36-7-29-12-19(36)30-23(25)31-20(12)39/h1,5-7,9-10,13-16,21-22,37-38H,2-4H2,(H,40,41)(H2,24,26,27)(H3,25,30,31,39)/t9-,10-,13?,14+,15?,16+,21-,22-/m1/s1. The van der Waals surface area contributed by atoms with E-state index in [2.05, 4.69) is 40.2 Å². The Morgan fingerprint density at radius 2 is 1.72 bits per heavy atom. The molecule has 8 N–H and O–H groups in total. The number of nitrogens with two attached hydrogens (primary N) is 2. The molecule has 0 amide bonds. The van der Waals surface area contributed by atoms with Gasteiger partial charge in [0.05, 0.1) is 38.6 Å². The van der Waals surface area contributed by atoms with E-state index in [9.17, 15) is 24.5 Å². The predicted octanol–water partition coefficient (Wildman–Crippen LogP) is -2.67. The smallest absolute Gasteiger partial charge is 0.387 e. The number of aromatic amines is 1. The van der Waals surface area contributed by atoms with Crippen LogP contribution in [0.4, 0.5) is 11.8 Å². The maximum Gasteiger partial charge on any atom is 0.472 e. The lowest BCUT2D eigenvalue weighted by Gasteiger charge is -2.24. The molecule has 8 rings (SSSR count). The van der Waals surface area contributed by atoms with Crippen LogP contribution >= 0.6 is 7.82 Å². The SMILES string of the molecule is Nc1nc2c(ncn2[C@@H]2O[C@@H]3COP(=O)(O)OC4[C@@H](Cn5cc(nn5)CO[C@H]2C3O)O[C@@H](n2cnc3c(N)ncnc32)[C@H]4O)c(=O)[nH]1. The Bertz CT molecular complexity index is 2080. The monoisotopic (exact) mass is 675 g/mol. The molecule has 0 aliphatic carbocycles. The molecule has 3 aliphatic heterocycles. The summed E-state index contributed by atoms with van der Waals surface area (Å²) < 4.78 is 46.4. The number of ether oxygens (including phenoxy) is 3. The minimum absolute atomic E-state index is 0.0427. The first-order valence-electron chi connectivity index (χ1n) is 14.0. The lowest BCUT2D eigenvalue weighted by atomic mass is 10.1. The number of aromatic nitrogens is 11. The van der Waals surface area contributed by atoms with Gasteiger partial charge in [-0.15, -0.1) is 5.10 Å². The number of aliphatic hydroxyl groups excluding tert-OH is 2. The van der Waals surface area contributed by atoms with Crippen LogP contribution in [0.5, 0.6) is 0 Å². The average molecular weight is 676 g/mol. The molecule has 0 spiro atoms. The molecule has 0 radical (unpaired) electrons. The number of nitrogen functional groups attached to an aromatic ring is 2. The summed E-state index contributed by atoms with van der Waals surface area (Å²) in [6, 6.07) is 0. The highest BCUT2D eigenvalue weighted by Crippen LogP contribution is 2.50. The number of phosphoric acid groups is 1. The van der Waals surface area contributed by atoms with Crippen molar-refractivity contribution in [2.45, 2.75) is 62.2 Å². The number of hydrogen-bond donors (Lipinski definition) is 6. The van der Waals surface area contributed by atoms with Gasteiger partial charge >= 0.3 is 7.82 Å². The third-order valence-corrected chi connectivity index (χ3v) is 9.03. The Labute approximate surface area is 260 Å². The van der Waals surface area contributed by atoms with Gasteiger partial charge in [0.15, 0.2) is 35.1 Å². The molecule has 4 bridgehead atoms. The fourth-order valence-corrected chi connectivity index (χ4v) is 6.85. The molecule has 2 saturated heterocycles. The molecule has 5 aromatic rings. The fourth-order valence-electron chi connectivity index (χ4n) is 5.88. The number of aliphatic hydroxyl groups is 2. The van der Waals surface area contributed by atoms with Gasteiger partial charge in [-0.25, -0.2) is 29.2 Å². The Morgan fingerprint density at radius 3 is 2.55 bits per heavy atom. The summed E-state index contributed by atoms with van der Waals surface area (Å²) in [6.45, 7) is -0.893. The molecule has 3 unspecified atom stereocenters. The van der Waals surface area contributed by atoms with Crippen molar-refractivity contribution in [1.29, 1.82) is 0 Å². The van der Waals surface area contributed by atoms with Gasteiger partial charge in [0.2, 0.25) is 5.95 Å². The molecule has 0 aromatic carbocycles. The highest BCUT2D eigenvalue weighted by molar-refractivity contribution is 7.47. The zero-order valence-corrected chi connectivity index (χ0v) is 24.7. The summed E-state index contributed by atoms with van der Waals surface area (Å²) >= 11 is 0. The Balaban J connectivity index is 1.11. The van der Waals surface area contributed by atoms with E-state index in [1.807, 2.05) is 0 Å². The van der Waals surface area contributed by atoms with Crippen molar-refractivity contribution in [3.8, 4) is 0 Å².